The molecule has 0 radical (unpaired) electrons. The first kappa shape index (κ1) is 12.1. The number of carboxylic acids is 1. The number of rotatable bonds is 4. The van der Waals surface area contributed by atoms with Gasteiger partial charge in [-0.3, -0.25) is 0 Å². The Bertz CT molecular complexity index is 528. The van der Waals surface area contributed by atoms with Crippen LogP contribution in [0.1, 0.15) is 15.4 Å². The van der Waals surface area contributed by atoms with E-state index in [0.29, 0.717) is 11.0 Å². The SMILES string of the molecule is O=C(O)c1ccc(NCc2nccs2)cc1Br. The summed E-state index contributed by atoms with van der Waals surface area (Å²) in [5.74, 6) is -0.941. The highest BCUT2D eigenvalue weighted by Gasteiger charge is 2.08. The fourth-order valence-corrected chi connectivity index (χ4v) is 2.42. The van der Waals surface area contributed by atoms with Gasteiger partial charge in [-0.1, -0.05) is 0 Å². The lowest BCUT2D eigenvalue weighted by Gasteiger charge is -2.06. The molecule has 1 aromatic heterocycles. The molecule has 2 N–H and O–H groups in total. The first-order valence-electron chi connectivity index (χ1n) is 4.82. The van der Waals surface area contributed by atoms with Gasteiger partial charge in [-0.15, -0.1) is 11.3 Å². The molecule has 2 aromatic rings. The number of carboxylic acid groups (broad SMARTS) is 1. The van der Waals surface area contributed by atoms with Gasteiger partial charge >= 0.3 is 5.97 Å². The van der Waals surface area contributed by atoms with E-state index in [0.717, 1.165) is 10.7 Å². The number of aromatic carboxylic acids is 1. The zero-order valence-electron chi connectivity index (χ0n) is 8.68. The third-order valence-electron chi connectivity index (χ3n) is 2.13. The Kier molecular flexibility index (Phi) is 3.75. The molecule has 0 aliphatic rings. The minimum atomic E-state index is -0.941. The maximum absolute atomic E-state index is 10.8. The van der Waals surface area contributed by atoms with Crippen molar-refractivity contribution in [1.29, 1.82) is 0 Å². The smallest absolute Gasteiger partial charge is 0.336 e. The Morgan fingerprint density at radius 2 is 2.35 bits per heavy atom. The molecule has 4 nitrogen and oxygen atoms in total. The van der Waals surface area contributed by atoms with Gasteiger partial charge in [0.25, 0.3) is 0 Å². The van der Waals surface area contributed by atoms with Gasteiger partial charge in [0.05, 0.1) is 12.1 Å². The minimum Gasteiger partial charge on any atom is -0.478 e. The predicted molar refractivity (Wildman–Crippen MR) is 70.5 cm³/mol. The van der Waals surface area contributed by atoms with Crippen molar-refractivity contribution in [3.63, 3.8) is 0 Å². The molecule has 0 atom stereocenters. The van der Waals surface area contributed by atoms with Crippen molar-refractivity contribution in [3.8, 4) is 0 Å². The van der Waals surface area contributed by atoms with E-state index in [1.165, 1.54) is 0 Å². The third-order valence-corrected chi connectivity index (χ3v) is 3.56. The number of hydrogen-bond donors (Lipinski definition) is 2. The Morgan fingerprint density at radius 3 is 2.94 bits per heavy atom. The van der Waals surface area contributed by atoms with Crippen molar-refractivity contribution < 1.29 is 9.90 Å². The summed E-state index contributed by atoms with van der Waals surface area (Å²) in [6.45, 7) is 0.635. The zero-order valence-corrected chi connectivity index (χ0v) is 11.1. The molecule has 0 fully saturated rings. The van der Waals surface area contributed by atoms with Crippen molar-refractivity contribution in [2.45, 2.75) is 6.54 Å². The summed E-state index contributed by atoms with van der Waals surface area (Å²) in [6.07, 6.45) is 1.76. The monoisotopic (exact) mass is 312 g/mol. The highest BCUT2D eigenvalue weighted by atomic mass is 79.9. The van der Waals surface area contributed by atoms with Gasteiger partial charge in [0, 0.05) is 21.7 Å². The molecule has 0 aliphatic heterocycles. The lowest BCUT2D eigenvalue weighted by molar-refractivity contribution is 0.0696. The van der Waals surface area contributed by atoms with Crippen molar-refractivity contribution in [2.24, 2.45) is 0 Å². The summed E-state index contributed by atoms with van der Waals surface area (Å²) in [5, 5.41) is 15.0. The van der Waals surface area contributed by atoms with E-state index in [-0.39, 0.29) is 5.56 Å². The molecule has 0 saturated carbocycles. The molecule has 2 rings (SSSR count). The summed E-state index contributed by atoms with van der Waals surface area (Å²) < 4.78 is 0.564. The van der Waals surface area contributed by atoms with Crippen molar-refractivity contribution in [3.05, 3.63) is 44.8 Å². The first-order valence-corrected chi connectivity index (χ1v) is 6.49. The zero-order chi connectivity index (χ0) is 12.3. The minimum absolute atomic E-state index is 0.254. The van der Waals surface area contributed by atoms with E-state index in [2.05, 4.69) is 26.2 Å². The van der Waals surface area contributed by atoms with Gasteiger partial charge < -0.3 is 10.4 Å². The molecule has 0 saturated heterocycles. The van der Waals surface area contributed by atoms with Crippen LogP contribution in [0.25, 0.3) is 0 Å². The molecular weight excluding hydrogens is 304 g/mol. The second kappa shape index (κ2) is 5.29. The number of hydrogen-bond acceptors (Lipinski definition) is 4. The number of halogens is 1. The van der Waals surface area contributed by atoms with Gasteiger partial charge in [-0.2, -0.15) is 0 Å². The number of nitrogens with one attached hydrogen (secondary N) is 1. The van der Waals surface area contributed by atoms with Crippen LogP contribution < -0.4 is 5.32 Å². The van der Waals surface area contributed by atoms with E-state index < -0.39 is 5.97 Å². The number of anilines is 1. The largest absolute Gasteiger partial charge is 0.478 e. The van der Waals surface area contributed by atoms with Crippen LogP contribution in [-0.2, 0) is 6.54 Å². The van der Waals surface area contributed by atoms with Crippen LogP contribution in [0.2, 0.25) is 0 Å². The lowest BCUT2D eigenvalue weighted by atomic mass is 10.2. The maximum Gasteiger partial charge on any atom is 0.336 e. The molecule has 0 unspecified atom stereocenters. The average Bonchev–Trinajstić information content (AvgIpc) is 2.78. The second-order valence-electron chi connectivity index (χ2n) is 3.28. The standard InChI is InChI=1S/C11H9BrN2O2S/c12-9-5-7(1-2-8(9)11(15)16)14-6-10-13-3-4-17-10/h1-5,14H,6H2,(H,15,16). The fourth-order valence-electron chi connectivity index (χ4n) is 1.32. The first-order chi connectivity index (χ1) is 8.16. The Hall–Kier alpha value is -1.40. The number of thiazole rings is 1. The van der Waals surface area contributed by atoms with Crippen LogP contribution in [0.3, 0.4) is 0 Å². The van der Waals surface area contributed by atoms with Gasteiger partial charge in [-0.05, 0) is 34.1 Å². The number of aromatic nitrogens is 1. The van der Waals surface area contributed by atoms with Crippen molar-refractivity contribution >= 4 is 38.9 Å². The molecule has 17 heavy (non-hydrogen) atoms. The third kappa shape index (κ3) is 3.04. The van der Waals surface area contributed by atoms with E-state index in [1.54, 1.807) is 35.7 Å². The Balaban J connectivity index is 2.07. The van der Waals surface area contributed by atoms with Crippen LogP contribution in [0, 0.1) is 0 Å². The van der Waals surface area contributed by atoms with E-state index in [4.69, 9.17) is 5.11 Å². The van der Waals surface area contributed by atoms with Crippen LogP contribution in [0.15, 0.2) is 34.2 Å². The highest BCUT2D eigenvalue weighted by molar-refractivity contribution is 9.10. The molecule has 0 spiro atoms. The topological polar surface area (TPSA) is 62.2 Å². The molecule has 1 aromatic carbocycles. The van der Waals surface area contributed by atoms with Crippen LogP contribution in [-0.4, -0.2) is 16.1 Å². The van der Waals surface area contributed by atoms with Gasteiger partial charge in [0.1, 0.15) is 5.01 Å². The second-order valence-corrected chi connectivity index (χ2v) is 5.11. The highest BCUT2D eigenvalue weighted by Crippen LogP contribution is 2.22. The van der Waals surface area contributed by atoms with E-state index >= 15 is 0 Å². The molecule has 88 valence electrons. The summed E-state index contributed by atoms with van der Waals surface area (Å²) in [6, 6.07) is 5.05. The number of benzene rings is 1. The summed E-state index contributed by atoms with van der Waals surface area (Å²) in [5.41, 5.74) is 1.11. The number of nitrogens with zero attached hydrogens (tertiary/aromatic N) is 1. The molecule has 6 heteroatoms. The summed E-state index contributed by atoms with van der Waals surface area (Å²) in [4.78, 5) is 15.0. The quantitative estimate of drug-likeness (QED) is 0.910. The predicted octanol–water partition coefficient (Wildman–Crippen LogP) is 3.22. The molecular formula is C11H9BrN2O2S. The Morgan fingerprint density at radius 1 is 1.53 bits per heavy atom. The van der Waals surface area contributed by atoms with Crippen LogP contribution >= 0.6 is 27.3 Å². The Labute approximate surface area is 110 Å². The molecule has 1 heterocycles. The van der Waals surface area contributed by atoms with Crippen LogP contribution in [0.4, 0.5) is 5.69 Å². The van der Waals surface area contributed by atoms with Crippen molar-refractivity contribution in [1.82, 2.24) is 4.98 Å². The van der Waals surface area contributed by atoms with Crippen molar-refractivity contribution in [2.75, 3.05) is 5.32 Å². The lowest BCUT2D eigenvalue weighted by Crippen LogP contribution is -2.01. The molecule has 0 bridgehead atoms. The summed E-state index contributed by atoms with van der Waals surface area (Å²) >= 11 is 4.81. The summed E-state index contributed by atoms with van der Waals surface area (Å²) in [7, 11) is 0. The van der Waals surface area contributed by atoms with Crippen LogP contribution in [0.5, 0.6) is 0 Å². The van der Waals surface area contributed by atoms with Gasteiger partial charge in [-0.25, -0.2) is 9.78 Å². The van der Waals surface area contributed by atoms with Gasteiger partial charge in [0.2, 0.25) is 0 Å². The van der Waals surface area contributed by atoms with E-state index in [9.17, 15) is 4.79 Å². The number of carbonyl (C=O) groups is 1. The van der Waals surface area contributed by atoms with E-state index in [1.807, 2.05) is 5.38 Å². The van der Waals surface area contributed by atoms with Gasteiger partial charge in [0.15, 0.2) is 0 Å². The fraction of sp³-hybridized carbons (Fsp3) is 0.0909. The molecule has 0 aliphatic carbocycles. The average molecular weight is 313 g/mol. The normalized spacial score (nSPS) is 10.2. The molecule has 0 amide bonds. The maximum atomic E-state index is 10.8.